The molecule has 466 valence electrons. The third kappa shape index (κ3) is 13.8. The molecule has 4 aromatic carbocycles. The Bertz CT molecular complexity index is 3890. The van der Waals surface area contributed by atoms with Gasteiger partial charge in [0.1, 0.15) is 28.9 Å². The Balaban J connectivity index is 0.636. The molecule has 3 saturated heterocycles. The van der Waals surface area contributed by atoms with Gasteiger partial charge in [-0.05, 0) is 140 Å². The number of benzene rings is 4. The number of amides is 5. The highest BCUT2D eigenvalue weighted by Gasteiger charge is 2.41. The van der Waals surface area contributed by atoms with E-state index < -0.39 is 43.4 Å². The molecule has 6 heterocycles. The van der Waals surface area contributed by atoms with E-state index in [-0.39, 0.29) is 71.2 Å². The van der Waals surface area contributed by atoms with Gasteiger partial charge in [0.25, 0.3) is 27.5 Å². The fraction of sp³-hybridized carbons (Fsp3) is 0.415. The molecule has 0 radical (unpaired) electrons. The van der Waals surface area contributed by atoms with E-state index in [9.17, 15) is 42.5 Å². The molecule has 24 heteroatoms. The van der Waals surface area contributed by atoms with E-state index in [0.29, 0.717) is 60.7 Å². The molecule has 89 heavy (non-hydrogen) atoms. The van der Waals surface area contributed by atoms with Crippen molar-refractivity contribution in [1.29, 1.82) is 0 Å². The second kappa shape index (κ2) is 25.9. The van der Waals surface area contributed by atoms with Crippen LogP contribution in [0, 0.1) is 21.4 Å². The van der Waals surface area contributed by atoms with Crippen molar-refractivity contribution in [3.8, 4) is 11.5 Å². The molecule has 4 N–H and O–H groups in total. The monoisotopic (exact) mass is 1270 g/mol. The highest BCUT2D eigenvalue weighted by atomic mass is 35.5. The summed E-state index contributed by atoms with van der Waals surface area (Å²) in [6, 6.07) is 25.4. The summed E-state index contributed by atoms with van der Waals surface area (Å²) in [6.07, 6.45) is 10.4. The van der Waals surface area contributed by atoms with E-state index in [2.05, 4.69) is 66.0 Å². The van der Waals surface area contributed by atoms with Crippen LogP contribution < -0.4 is 25.0 Å². The Morgan fingerprint density at radius 3 is 2.42 bits per heavy atom. The van der Waals surface area contributed by atoms with Crippen LogP contribution in [0.15, 0.2) is 119 Å². The Morgan fingerprint density at radius 2 is 1.66 bits per heavy atom. The number of piperidine rings is 1. The minimum Gasteiger partial charge on any atom is -0.455 e. The van der Waals surface area contributed by atoms with Crippen LogP contribution in [0.4, 0.5) is 17.1 Å². The number of halogens is 1. The third-order valence-electron chi connectivity index (χ3n) is 18.5. The number of piperazine rings is 2. The van der Waals surface area contributed by atoms with Crippen molar-refractivity contribution in [1.82, 2.24) is 39.6 Å². The SMILES string of the molecule is CC1(C)CCC(CN2CCN(c3ccc(C(=O)NS(=O)(=O)c4ccc(NCC5CCC(N6CCN(C(=O)CSc7cccc8c7CN(C7CCC(=O)NC7=O)C8=O)CC6)CC5)c([N+](=O)[O-])c4)c(Oc4cnc5[nH]ccc5c4)c3)CC2)=C(c2ccc(Cl)cc2)C1. The second-order valence-electron chi connectivity index (χ2n) is 24.9. The van der Waals surface area contributed by atoms with Crippen molar-refractivity contribution < 1.29 is 42.1 Å². The van der Waals surface area contributed by atoms with Gasteiger partial charge in [-0.15, -0.1) is 11.8 Å². The van der Waals surface area contributed by atoms with Crippen molar-refractivity contribution in [2.75, 3.05) is 81.4 Å². The molecule has 2 aliphatic carbocycles. The number of fused-ring (bicyclic) bond motifs is 2. The first-order valence-corrected chi connectivity index (χ1v) is 33.4. The number of nitrogens with one attached hydrogen (secondary N) is 4. The van der Waals surface area contributed by atoms with Gasteiger partial charge in [-0.2, -0.15) is 0 Å². The van der Waals surface area contributed by atoms with Crippen LogP contribution in [0.5, 0.6) is 11.5 Å². The quantitative estimate of drug-likeness (QED) is 0.0270. The largest absolute Gasteiger partial charge is 0.455 e. The summed E-state index contributed by atoms with van der Waals surface area (Å²) >= 11 is 7.67. The van der Waals surface area contributed by atoms with Crippen molar-refractivity contribution in [3.05, 3.63) is 146 Å². The molecule has 1 unspecified atom stereocenters. The first-order chi connectivity index (χ1) is 42.8. The molecule has 21 nitrogen and oxygen atoms in total. The van der Waals surface area contributed by atoms with Gasteiger partial charge in [-0.3, -0.25) is 49.2 Å². The van der Waals surface area contributed by atoms with Crippen molar-refractivity contribution >= 4 is 96.6 Å². The molecule has 4 fully saturated rings. The molecular weight excluding hydrogens is 1190 g/mol. The van der Waals surface area contributed by atoms with Gasteiger partial charge in [0.2, 0.25) is 17.7 Å². The number of aromatic nitrogens is 2. The average molecular weight is 1270 g/mol. The van der Waals surface area contributed by atoms with Crippen LogP contribution in [0.3, 0.4) is 0 Å². The molecule has 1 saturated carbocycles. The number of hydrogen-bond donors (Lipinski definition) is 4. The second-order valence-corrected chi connectivity index (χ2v) is 28.0. The van der Waals surface area contributed by atoms with Crippen LogP contribution >= 0.6 is 23.4 Å². The molecule has 12 rings (SSSR count). The smallest absolute Gasteiger partial charge is 0.293 e. The Kier molecular flexibility index (Phi) is 17.9. The van der Waals surface area contributed by atoms with Gasteiger partial charge in [0.05, 0.1) is 27.3 Å². The third-order valence-corrected chi connectivity index (χ3v) is 21.2. The molecule has 0 bridgehead atoms. The zero-order valence-electron chi connectivity index (χ0n) is 49.8. The minimum atomic E-state index is -4.64. The summed E-state index contributed by atoms with van der Waals surface area (Å²) < 4.78 is 36.6. The average Bonchev–Trinajstić information content (AvgIpc) is 1.80. The normalized spacial score (nSPS) is 21.0. The number of anilines is 2. The fourth-order valence-corrected chi connectivity index (χ4v) is 15.5. The lowest BCUT2D eigenvalue weighted by molar-refractivity contribution is -0.384. The minimum absolute atomic E-state index is 0.0118. The summed E-state index contributed by atoms with van der Waals surface area (Å²) in [4.78, 5) is 95.7. The number of pyridine rings is 1. The fourth-order valence-electron chi connectivity index (χ4n) is 13.4. The van der Waals surface area contributed by atoms with E-state index in [0.717, 1.165) is 105 Å². The molecule has 5 amide bonds. The summed E-state index contributed by atoms with van der Waals surface area (Å²) in [7, 11) is -4.64. The van der Waals surface area contributed by atoms with Gasteiger partial charge in [0, 0.05) is 129 Å². The van der Waals surface area contributed by atoms with Crippen LogP contribution in [0.2, 0.25) is 5.02 Å². The number of H-pyrrole nitrogens is 1. The maximum atomic E-state index is 14.2. The number of sulfonamides is 1. The lowest BCUT2D eigenvalue weighted by Gasteiger charge is -2.42. The van der Waals surface area contributed by atoms with Gasteiger partial charge < -0.3 is 29.7 Å². The van der Waals surface area contributed by atoms with Crippen LogP contribution in [-0.4, -0.2) is 156 Å². The number of ether oxygens (including phenoxy) is 1. The first-order valence-electron chi connectivity index (χ1n) is 30.5. The number of imide groups is 1. The molecular formula is C65H72ClN11O10S2. The van der Waals surface area contributed by atoms with Gasteiger partial charge >= 0.3 is 0 Å². The van der Waals surface area contributed by atoms with Gasteiger partial charge in [0.15, 0.2) is 0 Å². The zero-order chi connectivity index (χ0) is 62.1. The van der Waals surface area contributed by atoms with Crippen molar-refractivity contribution in [2.24, 2.45) is 11.3 Å². The Morgan fingerprint density at radius 1 is 0.888 bits per heavy atom. The van der Waals surface area contributed by atoms with Crippen LogP contribution in [-0.2, 0) is 31.0 Å². The number of carbonyl (C=O) groups excluding carboxylic acids is 5. The number of allylic oxidation sites excluding steroid dienone is 1. The van der Waals surface area contributed by atoms with Crippen molar-refractivity contribution in [3.63, 3.8) is 0 Å². The molecule has 0 spiro atoms. The summed E-state index contributed by atoms with van der Waals surface area (Å²) in [5.41, 5.74) is 6.67. The number of carbonyl (C=O) groups is 5. The maximum Gasteiger partial charge on any atom is 0.293 e. The number of aromatic amines is 1. The number of nitro groups is 1. The van der Waals surface area contributed by atoms with E-state index in [4.69, 9.17) is 16.3 Å². The highest BCUT2D eigenvalue weighted by molar-refractivity contribution is 8.00. The standard InChI is InChI=1S/C65H72ClN11O10S2/c1-65(2)22-20-44(52(35-65)42-8-10-45(66)11-9-42)38-72-24-26-74(27-25-72)47-14-16-51(57(33-47)87-48-32-43-21-23-67-61(43)69-37-48)62(80)71-89(85,86)49-15-17-54(56(34-49)77(83)84)68-36-41-6-12-46(13-7-41)73-28-30-75(31-29-73)60(79)40-88-58-5-3-4-50-53(58)39-76(64(50)82)55-18-19-59(78)70-63(55)81/h3-5,8-11,14-17,21,23,32-34,37,41,46,55,68H,6-7,12-13,18-20,22,24-31,35-36,38-40H2,1-2H3,(H,67,69)(H,71,80)(H,70,78,81). The number of nitro benzene ring substituents is 1. The van der Waals surface area contributed by atoms with Crippen molar-refractivity contribution in [2.45, 2.75) is 100 Å². The topological polar surface area (TPSA) is 253 Å². The predicted octanol–water partition coefficient (Wildman–Crippen LogP) is 9.49. The summed E-state index contributed by atoms with van der Waals surface area (Å²) in [5, 5.41) is 19.6. The number of thioether (sulfide) groups is 1. The Labute approximate surface area is 526 Å². The van der Waals surface area contributed by atoms with E-state index in [1.807, 2.05) is 29.2 Å². The maximum absolute atomic E-state index is 14.2. The molecule has 1 atom stereocenters. The summed E-state index contributed by atoms with van der Waals surface area (Å²) in [5.74, 6) is -1.17. The lowest BCUT2D eigenvalue weighted by Crippen LogP contribution is -2.53. The summed E-state index contributed by atoms with van der Waals surface area (Å²) in [6.45, 7) is 11.8. The van der Waals surface area contributed by atoms with Gasteiger partial charge in [-0.25, -0.2) is 18.1 Å². The highest BCUT2D eigenvalue weighted by Crippen LogP contribution is 2.44. The number of hydrogen-bond acceptors (Lipinski definition) is 16. The Hall–Kier alpha value is -7.83. The van der Waals surface area contributed by atoms with E-state index in [1.165, 1.54) is 57.8 Å². The zero-order valence-corrected chi connectivity index (χ0v) is 52.2. The van der Waals surface area contributed by atoms with Crippen LogP contribution in [0.25, 0.3) is 16.6 Å². The van der Waals surface area contributed by atoms with E-state index in [1.54, 1.807) is 36.5 Å². The molecule has 6 aromatic rings. The molecule has 2 aromatic heterocycles. The molecule has 6 aliphatic rings. The predicted molar refractivity (Wildman–Crippen MR) is 341 cm³/mol. The first kappa shape index (κ1) is 61.4. The van der Waals surface area contributed by atoms with E-state index >= 15 is 0 Å². The van der Waals surface area contributed by atoms with Crippen LogP contribution in [0.1, 0.15) is 103 Å². The van der Waals surface area contributed by atoms with Gasteiger partial charge in [-0.1, -0.05) is 49.2 Å². The lowest BCUT2D eigenvalue weighted by atomic mass is 9.72. The number of nitrogens with zero attached hydrogens (tertiary/aromatic N) is 7. The molecule has 4 aliphatic heterocycles. The number of rotatable bonds is 18.